The standard InChI is InChI=1S/C50H47N/c1-34-16-14-17-35(2)49(34)40-27-29-47-44(31-40)43(38-23-15-22-37(30-38)21-9-6-5-8-18-36-19-10-7-11-20-36)33-48(51-47)39-26-28-42-41-24-12-13-25-45(41)50(3,4)46(42)32-39/h7,10-17,19-20,22-33H,5-6,8-9,18,21H2,1-4H3. The summed E-state index contributed by atoms with van der Waals surface area (Å²) in [4.78, 5) is 5.36. The summed E-state index contributed by atoms with van der Waals surface area (Å²) in [7, 11) is 0. The van der Waals surface area contributed by atoms with Crippen molar-refractivity contribution < 1.29 is 0 Å². The molecule has 0 bridgehead atoms. The van der Waals surface area contributed by atoms with Crippen molar-refractivity contribution >= 4 is 10.9 Å². The lowest BCUT2D eigenvalue weighted by Crippen LogP contribution is -2.14. The van der Waals surface area contributed by atoms with Crippen LogP contribution in [0.4, 0.5) is 0 Å². The van der Waals surface area contributed by atoms with E-state index in [2.05, 4.69) is 167 Å². The Balaban J connectivity index is 1.15. The fourth-order valence-corrected chi connectivity index (χ4v) is 8.45. The number of unbranched alkanes of at least 4 members (excludes halogenated alkanes) is 3. The summed E-state index contributed by atoms with van der Waals surface area (Å²) in [5.41, 5.74) is 19.2. The van der Waals surface area contributed by atoms with Gasteiger partial charge < -0.3 is 0 Å². The maximum Gasteiger partial charge on any atom is 0.0716 e. The van der Waals surface area contributed by atoms with Crippen molar-refractivity contribution in [2.75, 3.05) is 0 Å². The third kappa shape index (κ3) is 6.43. The second kappa shape index (κ2) is 13.8. The first-order chi connectivity index (χ1) is 24.9. The molecule has 1 nitrogen and oxygen atoms in total. The van der Waals surface area contributed by atoms with E-state index in [0.29, 0.717) is 0 Å². The van der Waals surface area contributed by atoms with E-state index in [1.807, 2.05) is 0 Å². The summed E-state index contributed by atoms with van der Waals surface area (Å²) in [5.74, 6) is 0. The first-order valence-electron chi connectivity index (χ1n) is 18.8. The minimum atomic E-state index is -0.0577. The highest BCUT2D eigenvalue weighted by Gasteiger charge is 2.35. The summed E-state index contributed by atoms with van der Waals surface area (Å²) in [6, 6.07) is 51.8. The van der Waals surface area contributed by atoms with Gasteiger partial charge in [-0.1, -0.05) is 142 Å². The molecule has 0 aliphatic heterocycles. The number of fused-ring (bicyclic) bond motifs is 4. The van der Waals surface area contributed by atoms with Crippen LogP contribution < -0.4 is 0 Å². The van der Waals surface area contributed by atoms with Crippen molar-refractivity contribution in [1.82, 2.24) is 4.98 Å². The fraction of sp³-hybridized carbons (Fsp3) is 0.220. The van der Waals surface area contributed by atoms with Crippen molar-refractivity contribution in [3.8, 4) is 44.6 Å². The quantitative estimate of drug-likeness (QED) is 0.133. The minimum absolute atomic E-state index is 0.0577. The van der Waals surface area contributed by atoms with Gasteiger partial charge in [-0.15, -0.1) is 0 Å². The minimum Gasteiger partial charge on any atom is -0.248 e. The van der Waals surface area contributed by atoms with E-state index in [0.717, 1.165) is 17.6 Å². The van der Waals surface area contributed by atoms with Crippen molar-refractivity contribution in [3.63, 3.8) is 0 Å². The number of rotatable bonds is 10. The lowest BCUT2D eigenvalue weighted by Gasteiger charge is -2.22. The molecule has 0 radical (unpaired) electrons. The number of aryl methyl sites for hydroxylation is 4. The average Bonchev–Trinajstić information content (AvgIpc) is 3.38. The Kier molecular flexibility index (Phi) is 8.90. The Bertz CT molecular complexity index is 2340. The Morgan fingerprint density at radius 2 is 1.14 bits per heavy atom. The zero-order valence-corrected chi connectivity index (χ0v) is 30.5. The molecule has 0 unspecified atom stereocenters. The van der Waals surface area contributed by atoms with Crippen molar-refractivity contribution in [2.24, 2.45) is 0 Å². The van der Waals surface area contributed by atoms with Crippen molar-refractivity contribution in [2.45, 2.75) is 71.6 Å². The van der Waals surface area contributed by atoms with Crippen LogP contribution in [0.1, 0.15) is 72.9 Å². The molecule has 0 atom stereocenters. The highest BCUT2D eigenvalue weighted by molar-refractivity contribution is 5.99. The highest BCUT2D eigenvalue weighted by atomic mass is 14.7. The first kappa shape index (κ1) is 32.9. The highest BCUT2D eigenvalue weighted by Crippen LogP contribution is 2.49. The molecule has 1 heteroatoms. The third-order valence-electron chi connectivity index (χ3n) is 11.2. The van der Waals surface area contributed by atoms with Gasteiger partial charge in [0.1, 0.15) is 0 Å². The molecule has 0 fully saturated rings. The molecule has 51 heavy (non-hydrogen) atoms. The van der Waals surface area contributed by atoms with Gasteiger partial charge in [0.15, 0.2) is 0 Å². The maximum absolute atomic E-state index is 5.36. The zero-order chi connectivity index (χ0) is 35.0. The lowest BCUT2D eigenvalue weighted by atomic mass is 9.82. The summed E-state index contributed by atoms with van der Waals surface area (Å²) >= 11 is 0. The number of hydrogen-bond donors (Lipinski definition) is 0. The van der Waals surface area contributed by atoms with E-state index < -0.39 is 0 Å². The van der Waals surface area contributed by atoms with E-state index in [1.165, 1.54) is 110 Å². The number of hydrogen-bond acceptors (Lipinski definition) is 1. The number of benzene rings is 6. The predicted molar refractivity (Wildman–Crippen MR) is 217 cm³/mol. The second-order valence-corrected chi connectivity index (χ2v) is 15.1. The molecule has 1 heterocycles. The predicted octanol–water partition coefficient (Wildman–Crippen LogP) is 13.5. The Morgan fingerprint density at radius 3 is 1.94 bits per heavy atom. The smallest absolute Gasteiger partial charge is 0.0716 e. The Morgan fingerprint density at radius 1 is 0.471 bits per heavy atom. The molecular weight excluding hydrogens is 615 g/mol. The van der Waals surface area contributed by atoms with Crippen LogP contribution in [0.15, 0.2) is 140 Å². The largest absolute Gasteiger partial charge is 0.248 e. The summed E-state index contributed by atoms with van der Waals surface area (Å²) in [6.07, 6.45) is 7.28. The molecule has 1 aliphatic rings. The van der Waals surface area contributed by atoms with E-state index in [1.54, 1.807) is 0 Å². The fourth-order valence-electron chi connectivity index (χ4n) is 8.45. The van der Waals surface area contributed by atoms with Crippen LogP contribution in [-0.2, 0) is 18.3 Å². The van der Waals surface area contributed by atoms with Crippen LogP contribution in [-0.4, -0.2) is 4.98 Å². The van der Waals surface area contributed by atoms with Crippen LogP contribution >= 0.6 is 0 Å². The Hall–Kier alpha value is -5.27. The first-order valence-corrected chi connectivity index (χ1v) is 18.8. The van der Waals surface area contributed by atoms with Gasteiger partial charge in [-0.25, -0.2) is 4.98 Å². The van der Waals surface area contributed by atoms with Crippen molar-refractivity contribution in [1.29, 1.82) is 0 Å². The molecule has 6 aromatic carbocycles. The molecule has 0 N–H and O–H groups in total. The monoisotopic (exact) mass is 661 g/mol. The molecule has 1 aromatic heterocycles. The van der Waals surface area contributed by atoms with Gasteiger partial charge in [0.25, 0.3) is 0 Å². The van der Waals surface area contributed by atoms with Crippen LogP contribution in [0.2, 0.25) is 0 Å². The summed E-state index contributed by atoms with van der Waals surface area (Å²) < 4.78 is 0. The molecule has 7 aromatic rings. The SMILES string of the molecule is Cc1cccc(C)c1-c1ccc2nc(-c3ccc4c(c3)C(C)(C)c3ccccc3-4)cc(-c3cccc(CCCCCCc4ccccc4)c3)c2c1. The average molecular weight is 662 g/mol. The number of pyridine rings is 1. The number of nitrogens with zero attached hydrogens (tertiary/aromatic N) is 1. The van der Waals surface area contributed by atoms with Gasteiger partial charge in [0.2, 0.25) is 0 Å². The second-order valence-electron chi connectivity index (χ2n) is 15.1. The molecule has 252 valence electrons. The van der Waals surface area contributed by atoms with Crippen LogP contribution in [0.25, 0.3) is 55.5 Å². The van der Waals surface area contributed by atoms with Gasteiger partial charge in [0, 0.05) is 16.4 Å². The van der Waals surface area contributed by atoms with Gasteiger partial charge in [-0.2, -0.15) is 0 Å². The van der Waals surface area contributed by atoms with Gasteiger partial charge in [-0.3, -0.25) is 0 Å². The summed E-state index contributed by atoms with van der Waals surface area (Å²) in [6.45, 7) is 9.14. The van der Waals surface area contributed by atoms with Crippen LogP contribution in [0.3, 0.4) is 0 Å². The molecule has 0 saturated heterocycles. The molecule has 0 amide bonds. The maximum atomic E-state index is 5.36. The Labute approximate surface area is 304 Å². The topological polar surface area (TPSA) is 12.9 Å². The van der Waals surface area contributed by atoms with E-state index >= 15 is 0 Å². The number of aromatic nitrogens is 1. The molecule has 0 saturated carbocycles. The van der Waals surface area contributed by atoms with Crippen molar-refractivity contribution in [3.05, 3.63) is 173 Å². The van der Waals surface area contributed by atoms with Crippen LogP contribution in [0.5, 0.6) is 0 Å². The molecule has 8 rings (SSSR count). The molecule has 0 spiro atoms. The van der Waals surface area contributed by atoms with Gasteiger partial charge in [0.05, 0.1) is 11.2 Å². The van der Waals surface area contributed by atoms with Gasteiger partial charge >= 0.3 is 0 Å². The molecule has 1 aliphatic carbocycles. The normalized spacial score (nSPS) is 12.9. The summed E-state index contributed by atoms with van der Waals surface area (Å²) in [5, 5.41) is 1.20. The van der Waals surface area contributed by atoms with E-state index in [4.69, 9.17) is 4.98 Å². The zero-order valence-electron chi connectivity index (χ0n) is 30.5. The van der Waals surface area contributed by atoms with E-state index in [-0.39, 0.29) is 5.41 Å². The molecular formula is C50H47N. The lowest BCUT2D eigenvalue weighted by molar-refractivity contribution is 0.640. The third-order valence-corrected chi connectivity index (χ3v) is 11.2. The van der Waals surface area contributed by atoms with E-state index in [9.17, 15) is 0 Å². The van der Waals surface area contributed by atoms with Crippen LogP contribution in [0, 0.1) is 13.8 Å². The van der Waals surface area contributed by atoms with Gasteiger partial charge in [-0.05, 0) is 131 Å².